The van der Waals surface area contributed by atoms with E-state index in [9.17, 15) is 0 Å². The number of nitrogens with one attached hydrogen (secondary N) is 1. The van der Waals surface area contributed by atoms with E-state index in [4.69, 9.17) is 0 Å². The molecule has 1 atom stereocenters. The van der Waals surface area contributed by atoms with E-state index in [1.54, 1.807) is 0 Å². The fourth-order valence-corrected chi connectivity index (χ4v) is 3.48. The number of aryl methyl sites for hydroxylation is 1. The van der Waals surface area contributed by atoms with E-state index in [1.165, 1.54) is 30.0 Å². The maximum Gasteiger partial charge on any atom is 0.0331 e. The van der Waals surface area contributed by atoms with Crippen LogP contribution in [0.4, 0.5) is 0 Å². The molecule has 0 amide bonds. The lowest BCUT2D eigenvalue weighted by molar-refractivity contribution is 0.181. The Morgan fingerprint density at radius 2 is 2.35 bits per heavy atom. The fourth-order valence-electron chi connectivity index (χ4n) is 2.53. The molecule has 1 saturated heterocycles. The summed E-state index contributed by atoms with van der Waals surface area (Å²) in [4.78, 5) is 4.14. The van der Waals surface area contributed by atoms with E-state index in [0.717, 1.165) is 19.0 Å². The first-order valence-corrected chi connectivity index (χ1v) is 7.52. The predicted molar refractivity (Wildman–Crippen MR) is 75.6 cm³/mol. The normalized spacial score (nSPS) is 22.2. The van der Waals surface area contributed by atoms with Gasteiger partial charge in [0.1, 0.15) is 0 Å². The molecule has 2 heterocycles. The summed E-state index contributed by atoms with van der Waals surface area (Å²) < 4.78 is 0. The molecule has 0 bridgehead atoms. The molecule has 1 aromatic rings. The number of thiophene rings is 1. The maximum atomic E-state index is 3.64. The molecule has 1 N–H and O–H groups in total. The van der Waals surface area contributed by atoms with Crippen LogP contribution in [0, 0.1) is 12.8 Å². The second kappa shape index (κ2) is 5.98. The summed E-state index contributed by atoms with van der Waals surface area (Å²) in [5.74, 6) is 0.788. The standard InChI is InChI=1S/C14H24N2S/c1-11(2)8-13-9-16(6-5-15-13)10-14-12(3)4-7-17-14/h4,7,11,13,15H,5-6,8-10H2,1-3H3. The smallest absolute Gasteiger partial charge is 0.0331 e. The molecule has 1 aliphatic rings. The van der Waals surface area contributed by atoms with Crippen LogP contribution in [0.5, 0.6) is 0 Å². The van der Waals surface area contributed by atoms with Crippen LogP contribution in [0.2, 0.25) is 0 Å². The first-order valence-electron chi connectivity index (χ1n) is 6.64. The van der Waals surface area contributed by atoms with Gasteiger partial charge in [0.25, 0.3) is 0 Å². The van der Waals surface area contributed by atoms with Crippen molar-refractivity contribution >= 4 is 11.3 Å². The van der Waals surface area contributed by atoms with E-state index in [2.05, 4.69) is 42.4 Å². The molecule has 1 unspecified atom stereocenters. The molecular weight excluding hydrogens is 228 g/mol. The van der Waals surface area contributed by atoms with Crippen LogP contribution >= 0.6 is 11.3 Å². The molecule has 3 heteroatoms. The van der Waals surface area contributed by atoms with Crippen molar-refractivity contribution in [3.8, 4) is 0 Å². The van der Waals surface area contributed by atoms with Crippen molar-refractivity contribution in [3.63, 3.8) is 0 Å². The summed E-state index contributed by atoms with van der Waals surface area (Å²) in [6.45, 7) is 11.5. The second-order valence-corrected chi connectivity index (χ2v) is 6.54. The van der Waals surface area contributed by atoms with Crippen LogP contribution in [-0.2, 0) is 6.54 Å². The lowest BCUT2D eigenvalue weighted by Gasteiger charge is -2.34. The lowest BCUT2D eigenvalue weighted by Crippen LogP contribution is -2.50. The van der Waals surface area contributed by atoms with Gasteiger partial charge in [-0.3, -0.25) is 4.90 Å². The van der Waals surface area contributed by atoms with Gasteiger partial charge in [-0.25, -0.2) is 0 Å². The monoisotopic (exact) mass is 252 g/mol. The van der Waals surface area contributed by atoms with Crippen molar-refractivity contribution in [2.45, 2.75) is 39.8 Å². The Hall–Kier alpha value is -0.380. The topological polar surface area (TPSA) is 15.3 Å². The highest BCUT2D eigenvalue weighted by molar-refractivity contribution is 7.10. The minimum atomic E-state index is 0.684. The molecule has 96 valence electrons. The van der Waals surface area contributed by atoms with Crippen molar-refractivity contribution in [1.29, 1.82) is 0 Å². The second-order valence-electron chi connectivity index (χ2n) is 5.54. The zero-order valence-electron chi connectivity index (χ0n) is 11.2. The third-order valence-corrected chi connectivity index (χ3v) is 4.44. The third kappa shape index (κ3) is 3.80. The maximum absolute atomic E-state index is 3.64. The summed E-state index contributed by atoms with van der Waals surface area (Å²) >= 11 is 1.90. The van der Waals surface area contributed by atoms with E-state index < -0.39 is 0 Å². The summed E-state index contributed by atoms with van der Waals surface area (Å²) in [7, 11) is 0. The summed E-state index contributed by atoms with van der Waals surface area (Å²) in [6.07, 6.45) is 1.29. The van der Waals surface area contributed by atoms with Crippen molar-refractivity contribution in [2.75, 3.05) is 19.6 Å². The fraction of sp³-hybridized carbons (Fsp3) is 0.714. The highest BCUT2D eigenvalue weighted by atomic mass is 32.1. The van der Waals surface area contributed by atoms with Crippen LogP contribution in [0.25, 0.3) is 0 Å². The molecular formula is C14H24N2S. The van der Waals surface area contributed by atoms with Crippen molar-refractivity contribution in [3.05, 3.63) is 21.9 Å². The van der Waals surface area contributed by atoms with Crippen molar-refractivity contribution in [2.24, 2.45) is 5.92 Å². The van der Waals surface area contributed by atoms with Gasteiger partial charge < -0.3 is 5.32 Å². The van der Waals surface area contributed by atoms with Crippen molar-refractivity contribution in [1.82, 2.24) is 10.2 Å². The molecule has 0 aromatic carbocycles. The van der Waals surface area contributed by atoms with Gasteiger partial charge in [-0.15, -0.1) is 11.3 Å². The third-order valence-electron chi connectivity index (χ3n) is 3.43. The average molecular weight is 252 g/mol. The van der Waals surface area contributed by atoms with E-state index in [1.807, 2.05) is 11.3 Å². The van der Waals surface area contributed by atoms with Crippen LogP contribution < -0.4 is 5.32 Å². The van der Waals surface area contributed by atoms with E-state index in [0.29, 0.717) is 6.04 Å². The number of piperazine rings is 1. The summed E-state index contributed by atoms with van der Waals surface area (Å²) in [5, 5.41) is 5.84. The molecule has 1 aromatic heterocycles. The first kappa shape index (κ1) is 13.1. The van der Waals surface area contributed by atoms with E-state index >= 15 is 0 Å². The summed E-state index contributed by atoms with van der Waals surface area (Å²) in [6, 6.07) is 2.91. The molecule has 0 radical (unpaired) electrons. The zero-order valence-corrected chi connectivity index (χ0v) is 12.0. The van der Waals surface area contributed by atoms with Gasteiger partial charge in [-0.1, -0.05) is 13.8 Å². The van der Waals surface area contributed by atoms with Crippen LogP contribution in [-0.4, -0.2) is 30.6 Å². The zero-order chi connectivity index (χ0) is 12.3. The van der Waals surface area contributed by atoms with E-state index in [-0.39, 0.29) is 0 Å². The number of hydrogen-bond acceptors (Lipinski definition) is 3. The molecule has 0 spiro atoms. The Labute approximate surface area is 109 Å². The van der Waals surface area contributed by atoms with Crippen LogP contribution in [0.1, 0.15) is 30.7 Å². The van der Waals surface area contributed by atoms with Gasteiger partial charge in [-0.2, -0.15) is 0 Å². The van der Waals surface area contributed by atoms with Gasteiger partial charge in [0, 0.05) is 37.1 Å². The molecule has 1 fully saturated rings. The minimum Gasteiger partial charge on any atom is -0.311 e. The Bertz CT molecular complexity index is 346. The molecule has 17 heavy (non-hydrogen) atoms. The van der Waals surface area contributed by atoms with Crippen molar-refractivity contribution < 1.29 is 0 Å². The average Bonchev–Trinajstić information content (AvgIpc) is 2.64. The molecule has 2 nitrogen and oxygen atoms in total. The highest BCUT2D eigenvalue weighted by Crippen LogP contribution is 2.19. The summed E-state index contributed by atoms with van der Waals surface area (Å²) in [5.41, 5.74) is 1.45. The van der Waals surface area contributed by atoms with Gasteiger partial charge in [0.05, 0.1) is 0 Å². The van der Waals surface area contributed by atoms with Gasteiger partial charge in [0.2, 0.25) is 0 Å². The number of hydrogen-bond donors (Lipinski definition) is 1. The Morgan fingerprint density at radius 1 is 1.53 bits per heavy atom. The quantitative estimate of drug-likeness (QED) is 0.886. The number of nitrogens with zero attached hydrogens (tertiary/aromatic N) is 1. The molecule has 1 aliphatic heterocycles. The SMILES string of the molecule is Cc1ccsc1CN1CCNC(CC(C)C)C1. The molecule has 0 saturated carbocycles. The lowest BCUT2D eigenvalue weighted by atomic mass is 10.0. The van der Waals surface area contributed by atoms with Crippen LogP contribution in [0.3, 0.4) is 0 Å². The Balaban J connectivity index is 1.87. The molecule has 0 aliphatic carbocycles. The number of rotatable bonds is 4. The van der Waals surface area contributed by atoms with Crippen LogP contribution in [0.15, 0.2) is 11.4 Å². The van der Waals surface area contributed by atoms with Gasteiger partial charge >= 0.3 is 0 Å². The highest BCUT2D eigenvalue weighted by Gasteiger charge is 2.20. The predicted octanol–water partition coefficient (Wildman–Crippen LogP) is 2.88. The van der Waals surface area contributed by atoms with Gasteiger partial charge in [0.15, 0.2) is 0 Å². The van der Waals surface area contributed by atoms with Gasteiger partial charge in [-0.05, 0) is 36.3 Å². The largest absolute Gasteiger partial charge is 0.311 e. The Morgan fingerprint density at radius 3 is 3.00 bits per heavy atom. The first-order chi connectivity index (χ1) is 8.15. The molecule has 2 rings (SSSR count). The Kier molecular flexibility index (Phi) is 4.60. The minimum absolute atomic E-state index is 0.684.